The molecule has 1 aromatic carbocycles. The Morgan fingerprint density at radius 1 is 1.17 bits per heavy atom. The van der Waals surface area contributed by atoms with Gasteiger partial charge in [-0.15, -0.1) is 0 Å². The van der Waals surface area contributed by atoms with E-state index in [1.807, 2.05) is 52.9 Å². The summed E-state index contributed by atoms with van der Waals surface area (Å²) in [6, 6.07) is 9.95. The molecule has 1 N–H and O–H groups in total. The molecule has 0 bridgehead atoms. The summed E-state index contributed by atoms with van der Waals surface area (Å²) in [5.74, 6) is 0. The molecule has 1 rings (SSSR count). The number of aliphatic hydroxyl groups is 1. The molecular weight excluding hydrogens is 316 g/mol. The smallest absolute Gasteiger partial charge is 0.0471 e. The van der Waals surface area contributed by atoms with E-state index in [1.54, 1.807) is 0 Å². The van der Waals surface area contributed by atoms with E-state index in [-0.39, 0.29) is 26.1 Å². The van der Waals surface area contributed by atoms with Gasteiger partial charge in [0.2, 0.25) is 0 Å². The van der Waals surface area contributed by atoms with Crippen molar-refractivity contribution in [1.29, 1.82) is 0 Å². The first kappa shape index (κ1) is 15.0. The van der Waals surface area contributed by atoms with E-state index in [1.165, 1.54) is 5.56 Å². The Morgan fingerprint density at radius 3 is 2.08 bits per heavy atom. The molecule has 0 atom stereocenters. The zero-order valence-corrected chi connectivity index (χ0v) is 12.2. The first-order valence-corrected chi connectivity index (χ1v) is 4.87. The number of hydrogen-bond donors (Lipinski definition) is 1. The summed E-state index contributed by atoms with van der Waals surface area (Å²) in [6.07, 6.45) is 0.765. The molecule has 1 aromatic rings. The molecular formula is C9H12IOZn-. The Kier molecular flexibility index (Phi) is 14.4. The van der Waals surface area contributed by atoms with E-state index in [4.69, 9.17) is 5.11 Å². The van der Waals surface area contributed by atoms with Crippen molar-refractivity contribution in [1.82, 2.24) is 0 Å². The maximum absolute atomic E-state index is 8.52. The van der Waals surface area contributed by atoms with Crippen LogP contribution in [-0.4, -0.2) is 11.7 Å². The summed E-state index contributed by atoms with van der Waals surface area (Å²) in [7, 11) is 0. The second-order valence-electron chi connectivity index (χ2n) is 1.96. The molecule has 0 heterocycles. The maximum atomic E-state index is 8.52. The van der Waals surface area contributed by atoms with Gasteiger partial charge in [0.05, 0.1) is 0 Å². The minimum Gasteiger partial charge on any atom is -0.396 e. The van der Waals surface area contributed by atoms with Crippen molar-refractivity contribution in [2.75, 3.05) is 6.61 Å². The van der Waals surface area contributed by atoms with Crippen LogP contribution in [0.3, 0.4) is 0 Å². The molecule has 0 aliphatic heterocycles. The second-order valence-corrected chi connectivity index (χ2v) is 1.96. The minimum absolute atomic E-state index is 0. The van der Waals surface area contributed by atoms with Crippen LogP contribution in [0.25, 0.3) is 0 Å². The van der Waals surface area contributed by atoms with Gasteiger partial charge in [-0.1, -0.05) is 30.3 Å². The Bertz CT molecular complexity index is 167. The van der Waals surface area contributed by atoms with Gasteiger partial charge in [0.25, 0.3) is 0 Å². The third kappa shape index (κ3) is 7.20. The van der Waals surface area contributed by atoms with E-state index in [9.17, 15) is 0 Å². The Labute approximate surface area is 100 Å². The molecule has 0 aliphatic rings. The van der Waals surface area contributed by atoms with Crippen LogP contribution in [0, 0.1) is 4.93 Å². The van der Waals surface area contributed by atoms with Gasteiger partial charge in [-0.25, -0.2) is 0 Å². The van der Waals surface area contributed by atoms with Crippen LogP contribution in [0.4, 0.5) is 0 Å². The fraction of sp³-hybridized carbons (Fsp3) is 0.222. The van der Waals surface area contributed by atoms with Crippen LogP contribution in [0.5, 0.6) is 0 Å². The van der Waals surface area contributed by atoms with Crippen molar-refractivity contribution in [3.05, 3.63) is 40.8 Å². The van der Waals surface area contributed by atoms with Crippen molar-refractivity contribution in [3.8, 4) is 0 Å². The average molecular weight is 328 g/mol. The minimum atomic E-state index is 0. The number of benzene rings is 1. The molecule has 0 unspecified atom stereocenters. The van der Waals surface area contributed by atoms with Gasteiger partial charge < -0.3 is 27.7 Å². The molecule has 0 aromatic heterocycles. The van der Waals surface area contributed by atoms with Crippen molar-refractivity contribution < 1.29 is 24.6 Å². The fourth-order valence-corrected chi connectivity index (χ4v) is 0.774. The summed E-state index contributed by atoms with van der Waals surface area (Å²) in [5, 5.41) is 8.52. The second kappa shape index (κ2) is 11.5. The van der Waals surface area contributed by atoms with Gasteiger partial charge in [0.15, 0.2) is 0 Å². The van der Waals surface area contributed by atoms with Crippen LogP contribution in [0.2, 0.25) is 0 Å². The normalized spacial score (nSPS) is 7.58. The Hall–Kier alpha value is 0.533. The first-order chi connectivity index (χ1) is 5.43. The molecule has 0 saturated heterocycles. The predicted octanol–water partition coefficient (Wildman–Crippen LogP) is 2.43. The van der Waals surface area contributed by atoms with Gasteiger partial charge >= 0.3 is 0 Å². The van der Waals surface area contributed by atoms with Crippen LogP contribution in [0.15, 0.2) is 30.3 Å². The van der Waals surface area contributed by atoms with Gasteiger partial charge in [-0.05, 0) is 12.0 Å². The predicted molar refractivity (Wildman–Crippen MR) is 56.6 cm³/mol. The molecule has 64 valence electrons. The maximum Gasteiger partial charge on any atom is 0.0471 e. The van der Waals surface area contributed by atoms with Gasteiger partial charge in [0.1, 0.15) is 0 Å². The number of hydrogen-bond acceptors (Lipinski definition) is 1. The summed E-state index contributed by atoms with van der Waals surface area (Å²) in [5.41, 5.74) is 1.19. The topological polar surface area (TPSA) is 20.2 Å². The average Bonchev–Trinajstić information content (AvgIpc) is 2.11. The van der Waals surface area contributed by atoms with Gasteiger partial charge in [0, 0.05) is 26.1 Å². The molecule has 0 fully saturated rings. The molecule has 1 nitrogen and oxygen atoms in total. The Balaban J connectivity index is 0. The van der Waals surface area contributed by atoms with Crippen molar-refractivity contribution in [3.63, 3.8) is 0 Å². The number of aliphatic hydroxyl groups excluding tert-OH is 1. The summed E-state index contributed by atoms with van der Waals surface area (Å²) >= 11 is 1.90. The van der Waals surface area contributed by atoms with Crippen LogP contribution in [-0.2, 0) is 25.9 Å². The van der Waals surface area contributed by atoms with E-state index in [2.05, 4.69) is 4.93 Å². The van der Waals surface area contributed by atoms with Crippen LogP contribution >= 0.6 is 22.6 Å². The van der Waals surface area contributed by atoms with Crippen molar-refractivity contribution in [2.45, 2.75) is 6.42 Å². The molecule has 0 amide bonds. The zero-order chi connectivity index (χ0) is 8.53. The van der Waals surface area contributed by atoms with Crippen LogP contribution < -0.4 is 0 Å². The van der Waals surface area contributed by atoms with E-state index in [0.29, 0.717) is 0 Å². The molecule has 0 radical (unpaired) electrons. The third-order valence-corrected chi connectivity index (χ3v) is 1.24. The zero-order valence-electron chi connectivity index (χ0n) is 7.04. The summed E-state index contributed by atoms with van der Waals surface area (Å²) in [4.78, 5) is 3.22. The summed E-state index contributed by atoms with van der Waals surface area (Å²) in [6.45, 7) is 0.240. The fourth-order valence-electron chi connectivity index (χ4n) is 0.774. The van der Waals surface area contributed by atoms with Gasteiger partial charge in [-0.2, -0.15) is 0 Å². The molecule has 12 heavy (non-hydrogen) atoms. The standard InChI is InChI=1S/C8H10O.CH2I.Zn/c9-7-6-8-4-2-1-3-5-8;1-2;/h1-5,9H,6-7H2;1H2;/q;-1;. The van der Waals surface area contributed by atoms with Crippen molar-refractivity contribution >= 4 is 22.6 Å². The molecule has 3 heteroatoms. The number of halogens is 1. The molecule has 0 aliphatic carbocycles. The van der Waals surface area contributed by atoms with Gasteiger partial charge in [-0.3, -0.25) is 4.93 Å². The van der Waals surface area contributed by atoms with Crippen LogP contribution in [0.1, 0.15) is 5.56 Å². The quantitative estimate of drug-likeness (QED) is 0.502. The third-order valence-electron chi connectivity index (χ3n) is 1.24. The monoisotopic (exact) mass is 327 g/mol. The largest absolute Gasteiger partial charge is 0.396 e. The van der Waals surface area contributed by atoms with E-state index in [0.717, 1.165) is 6.42 Å². The van der Waals surface area contributed by atoms with E-state index >= 15 is 0 Å². The summed E-state index contributed by atoms with van der Waals surface area (Å²) < 4.78 is 0. The van der Waals surface area contributed by atoms with E-state index < -0.39 is 0 Å². The SMILES string of the molecule is OCCc1ccccc1.[CH2-]I.[Zn]. The first-order valence-electron chi connectivity index (χ1n) is 3.35. The Morgan fingerprint density at radius 2 is 1.67 bits per heavy atom. The van der Waals surface area contributed by atoms with Crippen molar-refractivity contribution in [2.24, 2.45) is 0 Å². The molecule has 0 spiro atoms. The number of rotatable bonds is 2. The molecule has 0 saturated carbocycles.